The maximum absolute atomic E-state index is 13.4. The van der Waals surface area contributed by atoms with Crippen LogP contribution in [-0.4, -0.2) is 28.6 Å². The van der Waals surface area contributed by atoms with Crippen LogP contribution in [0, 0.1) is 0 Å². The second kappa shape index (κ2) is 8.73. The second-order valence-electron chi connectivity index (χ2n) is 5.78. The highest BCUT2D eigenvalue weighted by Gasteiger charge is 2.35. The molecule has 0 spiro atoms. The first kappa shape index (κ1) is 22.5. The minimum atomic E-state index is -4.80. The summed E-state index contributed by atoms with van der Waals surface area (Å²) >= 11 is 0. The van der Waals surface area contributed by atoms with E-state index in [9.17, 15) is 22.5 Å². The van der Waals surface area contributed by atoms with E-state index in [4.69, 9.17) is 25.0 Å². The lowest BCUT2D eigenvalue weighted by Gasteiger charge is -2.18. The standard InChI is InChI=1S/C17H18F3N2O6P/c1-2-27-16(23)10-3-5-11(6-4-10)28-15-8-14(22-9-29(24,25)26)13(21)7-12(15)17(18,19)20/h3-8,22H,2,9,21H2,1H3,(H2,24,25,26). The molecule has 0 amide bonds. The molecule has 0 aliphatic carbocycles. The first-order chi connectivity index (χ1) is 13.4. The van der Waals surface area contributed by atoms with Crippen molar-refractivity contribution in [2.75, 3.05) is 23.9 Å². The molecule has 0 saturated heterocycles. The quantitative estimate of drug-likeness (QED) is 0.294. The smallest absolute Gasteiger partial charge is 0.420 e. The molecule has 0 radical (unpaired) electrons. The molecule has 8 nitrogen and oxygen atoms in total. The van der Waals surface area contributed by atoms with Gasteiger partial charge in [0.15, 0.2) is 0 Å². The highest BCUT2D eigenvalue weighted by Crippen LogP contribution is 2.43. The Bertz CT molecular complexity index is 928. The van der Waals surface area contributed by atoms with Gasteiger partial charge in [-0.3, -0.25) is 4.57 Å². The van der Waals surface area contributed by atoms with Gasteiger partial charge in [0.2, 0.25) is 0 Å². The lowest BCUT2D eigenvalue weighted by atomic mass is 10.1. The number of hydrogen-bond acceptors (Lipinski definition) is 6. The maximum Gasteiger partial charge on any atom is 0.420 e. The van der Waals surface area contributed by atoms with Crippen LogP contribution >= 0.6 is 7.60 Å². The third-order valence-electron chi connectivity index (χ3n) is 3.53. The molecule has 158 valence electrons. The predicted molar refractivity (Wildman–Crippen MR) is 98.9 cm³/mol. The molecule has 2 aromatic rings. The summed E-state index contributed by atoms with van der Waals surface area (Å²) in [4.78, 5) is 29.5. The number of alkyl halides is 3. The Morgan fingerprint density at radius 1 is 1.21 bits per heavy atom. The highest BCUT2D eigenvalue weighted by molar-refractivity contribution is 7.51. The Morgan fingerprint density at radius 2 is 1.83 bits per heavy atom. The van der Waals surface area contributed by atoms with Gasteiger partial charge in [0.05, 0.1) is 23.5 Å². The van der Waals surface area contributed by atoms with Gasteiger partial charge in [-0.2, -0.15) is 13.2 Å². The van der Waals surface area contributed by atoms with Crippen LogP contribution in [-0.2, 0) is 15.5 Å². The SMILES string of the molecule is CCOC(=O)c1ccc(Oc2cc(NCP(=O)(O)O)c(N)cc2C(F)(F)F)cc1. The molecule has 2 rings (SSSR count). The fourth-order valence-corrected chi connectivity index (χ4v) is 2.62. The van der Waals surface area contributed by atoms with Crippen LogP contribution in [0.15, 0.2) is 36.4 Å². The normalized spacial score (nSPS) is 11.8. The molecule has 0 aromatic heterocycles. The van der Waals surface area contributed by atoms with Crippen molar-refractivity contribution < 1.29 is 41.8 Å². The van der Waals surface area contributed by atoms with E-state index in [1.165, 1.54) is 24.3 Å². The van der Waals surface area contributed by atoms with Crippen molar-refractivity contribution in [1.82, 2.24) is 0 Å². The molecule has 5 N–H and O–H groups in total. The molecular weight excluding hydrogens is 416 g/mol. The highest BCUT2D eigenvalue weighted by atomic mass is 31.2. The number of nitrogens with two attached hydrogens (primary N) is 1. The minimum Gasteiger partial charge on any atom is -0.462 e. The third-order valence-corrected chi connectivity index (χ3v) is 4.10. The van der Waals surface area contributed by atoms with E-state index in [1.807, 2.05) is 0 Å². The molecule has 29 heavy (non-hydrogen) atoms. The number of benzene rings is 2. The van der Waals surface area contributed by atoms with E-state index in [0.29, 0.717) is 6.07 Å². The topological polar surface area (TPSA) is 131 Å². The summed E-state index contributed by atoms with van der Waals surface area (Å²) in [5, 5.41) is 2.30. The Labute approximate surface area is 163 Å². The van der Waals surface area contributed by atoms with Gasteiger partial charge in [-0.15, -0.1) is 0 Å². The lowest BCUT2D eigenvalue weighted by molar-refractivity contribution is -0.138. The molecule has 12 heteroatoms. The van der Waals surface area contributed by atoms with Crippen LogP contribution in [0.25, 0.3) is 0 Å². The second-order valence-corrected chi connectivity index (χ2v) is 7.43. The summed E-state index contributed by atoms with van der Waals surface area (Å²) in [6.45, 7) is 1.80. The van der Waals surface area contributed by atoms with Gasteiger partial charge in [0, 0.05) is 6.07 Å². The fraction of sp³-hybridized carbons (Fsp3) is 0.235. The van der Waals surface area contributed by atoms with Crippen LogP contribution in [0.5, 0.6) is 11.5 Å². The van der Waals surface area contributed by atoms with Gasteiger partial charge < -0.3 is 30.3 Å². The zero-order valence-corrected chi connectivity index (χ0v) is 16.0. The van der Waals surface area contributed by atoms with E-state index in [2.05, 4.69) is 5.32 Å². The van der Waals surface area contributed by atoms with Crippen molar-refractivity contribution in [1.29, 1.82) is 0 Å². The number of esters is 1. The van der Waals surface area contributed by atoms with E-state index in [0.717, 1.165) is 6.07 Å². The first-order valence-corrected chi connectivity index (χ1v) is 9.94. The first-order valence-electron chi connectivity index (χ1n) is 8.15. The number of hydrogen-bond donors (Lipinski definition) is 4. The summed E-state index contributed by atoms with van der Waals surface area (Å²) in [6.07, 6.45) is -5.62. The predicted octanol–water partition coefficient (Wildman–Crippen LogP) is 3.80. The average Bonchev–Trinajstić information content (AvgIpc) is 2.61. The van der Waals surface area contributed by atoms with Gasteiger partial charge in [0.1, 0.15) is 23.3 Å². The Hall–Kier alpha value is -2.75. The number of nitrogen functional groups attached to an aromatic ring is 1. The van der Waals surface area contributed by atoms with E-state index in [1.54, 1.807) is 6.92 Å². The van der Waals surface area contributed by atoms with E-state index in [-0.39, 0.29) is 29.3 Å². The van der Waals surface area contributed by atoms with Crippen LogP contribution in [0.3, 0.4) is 0 Å². The van der Waals surface area contributed by atoms with Crippen LogP contribution in [0.2, 0.25) is 0 Å². The third kappa shape index (κ3) is 6.38. The number of nitrogens with one attached hydrogen (secondary N) is 1. The molecule has 2 aromatic carbocycles. The average molecular weight is 434 g/mol. The summed E-state index contributed by atoms with van der Waals surface area (Å²) in [6, 6.07) is 6.71. The summed E-state index contributed by atoms with van der Waals surface area (Å²) in [5.41, 5.74) is 4.08. The minimum absolute atomic E-state index is 0.00532. The van der Waals surface area contributed by atoms with Gasteiger partial charge in [-0.25, -0.2) is 4.79 Å². The van der Waals surface area contributed by atoms with Crippen molar-refractivity contribution in [3.8, 4) is 11.5 Å². The van der Waals surface area contributed by atoms with Crippen molar-refractivity contribution in [3.63, 3.8) is 0 Å². The molecule has 0 bridgehead atoms. The molecule has 0 fully saturated rings. The molecule has 0 heterocycles. The van der Waals surface area contributed by atoms with Gasteiger partial charge in [-0.05, 0) is 37.3 Å². The van der Waals surface area contributed by atoms with Gasteiger partial charge in [0.25, 0.3) is 0 Å². The Kier molecular flexibility index (Phi) is 6.78. The number of anilines is 2. The fourth-order valence-electron chi connectivity index (χ4n) is 2.24. The zero-order chi connectivity index (χ0) is 21.8. The number of ether oxygens (including phenoxy) is 2. The number of halogens is 3. The molecule has 0 atom stereocenters. The number of rotatable bonds is 7. The monoisotopic (exact) mass is 434 g/mol. The Morgan fingerprint density at radius 3 is 2.34 bits per heavy atom. The van der Waals surface area contributed by atoms with Gasteiger partial charge >= 0.3 is 19.7 Å². The van der Waals surface area contributed by atoms with Gasteiger partial charge in [-0.1, -0.05) is 0 Å². The molecular formula is C17H18F3N2O6P. The Balaban J connectivity index is 2.36. The summed E-state index contributed by atoms with van der Waals surface area (Å²) < 4.78 is 61.2. The maximum atomic E-state index is 13.4. The van der Waals surface area contributed by atoms with Crippen LogP contribution in [0.4, 0.5) is 24.5 Å². The van der Waals surface area contributed by atoms with Crippen LogP contribution in [0.1, 0.15) is 22.8 Å². The largest absolute Gasteiger partial charge is 0.462 e. The van der Waals surface area contributed by atoms with Crippen molar-refractivity contribution in [3.05, 3.63) is 47.5 Å². The van der Waals surface area contributed by atoms with Crippen molar-refractivity contribution >= 4 is 24.9 Å². The number of carbonyl (C=O) groups excluding carboxylic acids is 1. The molecule has 0 aliphatic heterocycles. The van der Waals surface area contributed by atoms with E-state index < -0.39 is 37.3 Å². The van der Waals surface area contributed by atoms with Crippen LogP contribution < -0.4 is 15.8 Å². The molecule has 0 saturated carbocycles. The lowest BCUT2D eigenvalue weighted by Crippen LogP contribution is -2.11. The molecule has 0 unspecified atom stereocenters. The number of carbonyl (C=O) groups is 1. The summed E-state index contributed by atoms with van der Waals surface area (Å²) in [5.74, 6) is -1.23. The zero-order valence-electron chi connectivity index (χ0n) is 15.1. The summed E-state index contributed by atoms with van der Waals surface area (Å²) in [7, 11) is -4.47. The molecule has 0 aliphatic rings. The van der Waals surface area contributed by atoms with Crippen molar-refractivity contribution in [2.45, 2.75) is 13.1 Å². The van der Waals surface area contributed by atoms with Crippen molar-refractivity contribution in [2.24, 2.45) is 0 Å². The van der Waals surface area contributed by atoms with E-state index >= 15 is 0 Å².